The second kappa shape index (κ2) is 2.75. The van der Waals surface area contributed by atoms with Crippen LogP contribution in [0.15, 0.2) is 39.9 Å². The predicted octanol–water partition coefficient (Wildman–Crippen LogP) is 1.73. The largest absolute Gasteiger partial charge is 0.519 e. The van der Waals surface area contributed by atoms with Crippen molar-refractivity contribution < 1.29 is 17.7 Å². The van der Waals surface area contributed by atoms with E-state index >= 15 is 0 Å². The van der Waals surface area contributed by atoms with Crippen LogP contribution in [0.3, 0.4) is 0 Å². The number of fused-ring (bicyclic) bond motifs is 3. The second-order valence-corrected chi connectivity index (χ2v) is 3.06. The molecule has 0 N–H and O–H groups in total. The van der Waals surface area contributed by atoms with Crippen molar-refractivity contribution >= 4 is 28.4 Å². The highest BCUT2D eigenvalue weighted by atomic mass is 16.6. The highest BCUT2D eigenvalue weighted by Gasteiger charge is 2.17. The van der Waals surface area contributed by atoms with Gasteiger partial charge in [-0.3, -0.25) is 0 Å². The third-order valence-corrected chi connectivity index (χ3v) is 2.15. The SMILES string of the molecule is C=Cc1cc2oc(=O)oc2c2oc(=O)oc12. The molecule has 0 aliphatic rings. The van der Waals surface area contributed by atoms with Crippen LogP contribution in [0.25, 0.3) is 28.4 Å². The van der Waals surface area contributed by atoms with E-state index in [4.69, 9.17) is 17.7 Å². The number of rotatable bonds is 1. The Kier molecular flexibility index (Phi) is 1.51. The molecular formula is C10H4O6. The molecule has 6 nitrogen and oxygen atoms in total. The van der Waals surface area contributed by atoms with Crippen molar-refractivity contribution in [1.29, 1.82) is 0 Å². The van der Waals surface area contributed by atoms with Crippen molar-refractivity contribution in [3.8, 4) is 0 Å². The standard InChI is InChI=1S/C10H4O6/c1-2-4-3-5-7(15-9(11)13-5)8-6(4)14-10(12)16-8/h2-3H,1H2. The van der Waals surface area contributed by atoms with E-state index in [1.807, 2.05) is 0 Å². The molecule has 0 saturated carbocycles. The van der Waals surface area contributed by atoms with Gasteiger partial charge in [-0.05, 0) is 6.07 Å². The molecule has 2 heterocycles. The fourth-order valence-corrected chi connectivity index (χ4v) is 1.52. The van der Waals surface area contributed by atoms with Gasteiger partial charge in [0.25, 0.3) is 0 Å². The molecule has 0 spiro atoms. The zero-order valence-corrected chi connectivity index (χ0v) is 7.81. The van der Waals surface area contributed by atoms with Crippen molar-refractivity contribution in [3.63, 3.8) is 0 Å². The van der Waals surface area contributed by atoms with Gasteiger partial charge in [-0.15, -0.1) is 0 Å². The van der Waals surface area contributed by atoms with E-state index < -0.39 is 11.6 Å². The summed E-state index contributed by atoms with van der Waals surface area (Å²) in [6.07, 6.45) is 1.45. The Morgan fingerprint density at radius 1 is 0.938 bits per heavy atom. The van der Waals surface area contributed by atoms with E-state index in [0.717, 1.165) is 0 Å². The summed E-state index contributed by atoms with van der Waals surface area (Å²) in [5.74, 6) is -1.75. The molecule has 3 rings (SSSR count). The molecule has 1 aromatic carbocycles. The average Bonchev–Trinajstić information content (AvgIpc) is 2.78. The average molecular weight is 220 g/mol. The lowest BCUT2D eigenvalue weighted by Crippen LogP contribution is -1.85. The maximum absolute atomic E-state index is 11.0. The molecular weight excluding hydrogens is 216 g/mol. The maximum Gasteiger partial charge on any atom is 0.519 e. The van der Waals surface area contributed by atoms with Gasteiger partial charge in [0.05, 0.1) is 0 Å². The molecule has 0 amide bonds. The second-order valence-electron chi connectivity index (χ2n) is 3.06. The lowest BCUT2D eigenvalue weighted by molar-refractivity contribution is 0.398. The summed E-state index contributed by atoms with van der Waals surface area (Å²) in [7, 11) is 0. The lowest BCUT2D eigenvalue weighted by atomic mass is 10.2. The van der Waals surface area contributed by atoms with Crippen LogP contribution in [0.4, 0.5) is 0 Å². The Labute approximate surface area is 86.4 Å². The summed E-state index contributed by atoms with van der Waals surface area (Å²) in [5.41, 5.74) is 0.937. The molecule has 0 bridgehead atoms. The van der Waals surface area contributed by atoms with Crippen LogP contribution in [0.2, 0.25) is 0 Å². The Morgan fingerprint density at radius 3 is 2.31 bits per heavy atom. The zero-order valence-electron chi connectivity index (χ0n) is 7.81. The minimum Gasteiger partial charge on any atom is -0.391 e. The van der Waals surface area contributed by atoms with Crippen LogP contribution in [-0.4, -0.2) is 0 Å². The van der Waals surface area contributed by atoms with E-state index in [9.17, 15) is 9.59 Å². The smallest absolute Gasteiger partial charge is 0.391 e. The van der Waals surface area contributed by atoms with Crippen LogP contribution in [0.1, 0.15) is 5.56 Å². The van der Waals surface area contributed by atoms with Gasteiger partial charge in [0.15, 0.2) is 11.2 Å². The minimum absolute atomic E-state index is 0.0447. The highest BCUT2D eigenvalue weighted by Crippen LogP contribution is 2.28. The van der Waals surface area contributed by atoms with Crippen molar-refractivity contribution in [2.45, 2.75) is 0 Å². The van der Waals surface area contributed by atoms with Gasteiger partial charge in [0.2, 0.25) is 11.2 Å². The van der Waals surface area contributed by atoms with Crippen LogP contribution in [0.5, 0.6) is 0 Å². The summed E-state index contributed by atoms with van der Waals surface area (Å²) >= 11 is 0. The fourth-order valence-electron chi connectivity index (χ4n) is 1.52. The molecule has 0 fully saturated rings. The van der Waals surface area contributed by atoms with Gasteiger partial charge < -0.3 is 17.7 Å². The minimum atomic E-state index is -0.880. The molecule has 0 aliphatic carbocycles. The molecule has 0 atom stereocenters. The van der Waals surface area contributed by atoms with Crippen molar-refractivity contribution in [3.05, 3.63) is 39.4 Å². The molecule has 0 saturated heterocycles. The van der Waals surface area contributed by atoms with E-state index in [1.54, 1.807) is 0 Å². The summed E-state index contributed by atoms with van der Waals surface area (Å²) in [6.45, 7) is 3.55. The third kappa shape index (κ3) is 1.01. The normalized spacial score (nSPS) is 11.2. The third-order valence-electron chi connectivity index (χ3n) is 2.15. The molecule has 16 heavy (non-hydrogen) atoms. The lowest BCUT2D eigenvalue weighted by Gasteiger charge is -1.91. The Balaban J connectivity index is 2.70. The Morgan fingerprint density at radius 2 is 1.56 bits per heavy atom. The van der Waals surface area contributed by atoms with Gasteiger partial charge in [0, 0.05) is 5.56 Å². The first-order valence-electron chi connectivity index (χ1n) is 4.32. The molecule has 2 aromatic heterocycles. The maximum atomic E-state index is 11.0. The van der Waals surface area contributed by atoms with Gasteiger partial charge in [-0.25, -0.2) is 9.59 Å². The highest BCUT2D eigenvalue weighted by molar-refractivity contribution is 5.99. The van der Waals surface area contributed by atoms with Crippen LogP contribution < -0.4 is 11.6 Å². The topological polar surface area (TPSA) is 86.7 Å². The van der Waals surface area contributed by atoms with Gasteiger partial charge in [0.1, 0.15) is 0 Å². The first-order valence-corrected chi connectivity index (χ1v) is 4.32. The van der Waals surface area contributed by atoms with E-state index in [-0.39, 0.29) is 22.3 Å². The van der Waals surface area contributed by atoms with Gasteiger partial charge >= 0.3 is 11.6 Å². The first kappa shape index (κ1) is 8.78. The zero-order chi connectivity index (χ0) is 11.3. The van der Waals surface area contributed by atoms with E-state index in [1.165, 1.54) is 12.1 Å². The van der Waals surface area contributed by atoms with Crippen molar-refractivity contribution in [2.24, 2.45) is 0 Å². The summed E-state index contributed by atoms with van der Waals surface area (Å²) in [4.78, 5) is 21.9. The summed E-state index contributed by atoms with van der Waals surface area (Å²) in [6, 6.07) is 1.48. The summed E-state index contributed by atoms with van der Waals surface area (Å²) < 4.78 is 19.1. The van der Waals surface area contributed by atoms with E-state index in [0.29, 0.717) is 5.56 Å². The van der Waals surface area contributed by atoms with E-state index in [2.05, 4.69) is 6.58 Å². The predicted molar refractivity (Wildman–Crippen MR) is 53.1 cm³/mol. The molecule has 0 unspecified atom stereocenters. The van der Waals surface area contributed by atoms with Crippen molar-refractivity contribution in [1.82, 2.24) is 0 Å². The number of hydrogen-bond acceptors (Lipinski definition) is 6. The quantitative estimate of drug-likeness (QED) is 0.620. The number of hydrogen-bond donors (Lipinski definition) is 0. The number of benzene rings is 1. The van der Waals surface area contributed by atoms with Crippen LogP contribution in [0, 0.1) is 0 Å². The fraction of sp³-hybridized carbons (Fsp3) is 0. The summed E-state index contributed by atoms with van der Waals surface area (Å²) in [5, 5.41) is 0. The van der Waals surface area contributed by atoms with Gasteiger partial charge in [-0.1, -0.05) is 12.7 Å². The molecule has 6 heteroatoms. The van der Waals surface area contributed by atoms with Gasteiger partial charge in [-0.2, -0.15) is 0 Å². The molecule has 3 aromatic rings. The van der Waals surface area contributed by atoms with Crippen LogP contribution in [-0.2, 0) is 0 Å². The van der Waals surface area contributed by atoms with Crippen LogP contribution >= 0.6 is 0 Å². The molecule has 80 valence electrons. The first-order chi connectivity index (χ1) is 7.69. The molecule has 0 radical (unpaired) electrons. The monoisotopic (exact) mass is 220 g/mol. The molecule has 0 aliphatic heterocycles. The Bertz CT molecular complexity index is 809. The Hall–Kier alpha value is -2.50. The van der Waals surface area contributed by atoms with Crippen molar-refractivity contribution in [2.75, 3.05) is 0 Å².